The van der Waals surface area contributed by atoms with Gasteiger partial charge in [0.05, 0.1) is 11.1 Å². The number of nitrogens with zero attached hydrogens (tertiary/aromatic N) is 1. The molecule has 31 heavy (non-hydrogen) atoms. The maximum atomic E-state index is 12.9. The minimum Gasteiger partial charge on any atom is -0.313 e. The van der Waals surface area contributed by atoms with Gasteiger partial charge in [0.2, 0.25) is 11.8 Å². The Kier molecular flexibility index (Phi) is 5.35. The molecule has 4 amide bonds. The maximum absolute atomic E-state index is 12.9. The molecular formula is C23H28N4O4. The fourth-order valence-electron chi connectivity index (χ4n) is 5.58. The standard InChI is InChI=1S/C23H28N4O4/c28-20-6-5-19(21(29)26-20)27-22(30)17-4-1-14(11-18(17)23(27)31)12-24-8-7-13-9-15-2-3-16(10-13)25-15/h1,4,11,13,15-16,19,24-25H,2-3,5-10,12H2,(H,26,28,29). The molecule has 0 saturated carbocycles. The molecule has 8 nitrogen and oxygen atoms in total. The van der Waals surface area contributed by atoms with E-state index in [4.69, 9.17) is 0 Å². The van der Waals surface area contributed by atoms with Crippen LogP contribution in [-0.4, -0.2) is 53.2 Å². The normalized spacial score (nSPS) is 30.0. The first-order valence-electron chi connectivity index (χ1n) is 11.3. The molecule has 1 aromatic rings. The van der Waals surface area contributed by atoms with Gasteiger partial charge in [-0.25, -0.2) is 0 Å². The lowest BCUT2D eigenvalue weighted by Gasteiger charge is -2.29. The predicted octanol–water partition coefficient (Wildman–Crippen LogP) is 1.10. The van der Waals surface area contributed by atoms with Gasteiger partial charge >= 0.3 is 0 Å². The van der Waals surface area contributed by atoms with Crippen LogP contribution in [0.5, 0.6) is 0 Å². The molecule has 4 aliphatic heterocycles. The quantitative estimate of drug-likeness (QED) is 0.466. The molecule has 0 aliphatic carbocycles. The van der Waals surface area contributed by atoms with E-state index in [1.165, 1.54) is 25.7 Å². The first-order valence-corrected chi connectivity index (χ1v) is 11.3. The molecule has 2 bridgehead atoms. The third-order valence-electron chi connectivity index (χ3n) is 7.13. The van der Waals surface area contributed by atoms with Gasteiger partial charge in [-0.2, -0.15) is 0 Å². The van der Waals surface area contributed by atoms with Crippen molar-refractivity contribution in [1.82, 2.24) is 20.9 Å². The van der Waals surface area contributed by atoms with Crippen LogP contribution in [0.25, 0.3) is 0 Å². The van der Waals surface area contributed by atoms with Gasteiger partial charge < -0.3 is 10.6 Å². The summed E-state index contributed by atoms with van der Waals surface area (Å²) in [5.74, 6) is -1.11. The number of fused-ring (bicyclic) bond motifs is 3. The van der Waals surface area contributed by atoms with Gasteiger partial charge in [0.15, 0.2) is 0 Å². The first-order chi connectivity index (χ1) is 15.0. The molecule has 4 heterocycles. The lowest BCUT2D eigenvalue weighted by atomic mass is 9.90. The Morgan fingerprint density at radius 2 is 1.71 bits per heavy atom. The average molecular weight is 425 g/mol. The Morgan fingerprint density at radius 3 is 2.45 bits per heavy atom. The van der Waals surface area contributed by atoms with Crippen molar-refractivity contribution in [2.24, 2.45) is 5.92 Å². The molecule has 0 spiro atoms. The predicted molar refractivity (Wildman–Crippen MR) is 112 cm³/mol. The molecule has 8 heteroatoms. The van der Waals surface area contributed by atoms with Gasteiger partial charge in [0, 0.05) is 25.0 Å². The number of imide groups is 2. The molecule has 0 radical (unpaired) electrons. The van der Waals surface area contributed by atoms with Gasteiger partial charge in [-0.3, -0.25) is 29.4 Å². The van der Waals surface area contributed by atoms with Gasteiger partial charge in [-0.1, -0.05) is 6.07 Å². The summed E-state index contributed by atoms with van der Waals surface area (Å²) in [6.45, 7) is 1.56. The summed E-state index contributed by atoms with van der Waals surface area (Å²) in [7, 11) is 0. The highest BCUT2D eigenvalue weighted by molar-refractivity contribution is 6.23. The van der Waals surface area contributed by atoms with E-state index in [1.54, 1.807) is 12.1 Å². The molecule has 3 fully saturated rings. The second-order valence-electron chi connectivity index (χ2n) is 9.27. The number of amides is 4. The van der Waals surface area contributed by atoms with E-state index in [9.17, 15) is 19.2 Å². The van der Waals surface area contributed by atoms with Gasteiger partial charge in [-0.05, 0) is 68.7 Å². The van der Waals surface area contributed by atoms with Crippen LogP contribution in [0.3, 0.4) is 0 Å². The first kappa shape index (κ1) is 20.3. The van der Waals surface area contributed by atoms with Crippen LogP contribution in [0.15, 0.2) is 18.2 Å². The summed E-state index contributed by atoms with van der Waals surface area (Å²) in [6, 6.07) is 5.76. The lowest BCUT2D eigenvalue weighted by molar-refractivity contribution is -0.136. The summed E-state index contributed by atoms with van der Waals surface area (Å²) < 4.78 is 0. The number of hydrogen-bond donors (Lipinski definition) is 3. The number of nitrogens with one attached hydrogen (secondary N) is 3. The SMILES string of the molecule is O=C1CCC(N2C(=O)c3ccc(CNCCC4CC5CCC(C4)N5)cc3C2=O)C(=O)N1. The van der Waals surface area contributed by atoms with E-state index in [-0.39, 0.29) is 18.7 Å². The molecule has 164 valence electrons. The Morgan fingerprint density at radius 1 is 0.968 bits per heavy atom. The Labute approximate surface area is 181 Å². The highest BCUT2D eigenvalue weighted by Gasteiger charge is 2.44. The molecule has 3 saturated heterocycles. The van der Waals surface area contributed by atoms with Gasteiger partial charge in [0.25, 0.3) is 11.8 Å². The third kappa shape index (κ3) is 3.90. The van der Waals surface area contributed by atoms with Crippen molar-refractivity contribution in [3.05, 3.63) is 34.9 Å². The summed E-state index contributed by atoms with van der Waals surface area (Å²) in [6.07, 6.45) is 6.60. The van der Waals surface area contributed by atoms with E-state index in [0.717, 1.165) is 29.3 Å². The molecule has 4 aliphatic rings. The zero-order valence-electron chi connectivity index (χ0n) is 17.5. The topological polar surface area (TPSA) is 108 Å². The molecule has 3 unspecified atom stereocenters. The van der Waals surface area contributed by atoms with E-state index in [2.05, 4.69) is 16.0 Å². The number of carbonyl (C=O) groups is 4. The van der Waals surface area contributed by atoms with Crippen LogP contribution in [0.1, 0.15) is 71.2 Å². The summed E-state index contributed by atoms with van der Waals surface area (Å²) in [5, 5.41) is 9.36. The van der Waals surface area contributed by atoms with Crippen LogP contribution >= 0.6 is 0 Å². The fourth-order valence-corrected chi connectivity index (χ4v) is 5.58. The monoisotopic (exact) mass is 424 g/mol. The van der Waals surface area contributed by atoms with Crippen molar-refractivity contribution in [2.45, 2.75) is 69.6 Å². The largest absolute Gasteiger partial charge is 0.313 e. The zero-order valence-corrected chi connectivity index (χ0v) is 17.5. The molecular weight excluding hydrogens is 396 g/mol. The molecule has 0 aromatic heterocycles. The second-order valence-corrected chi connectivity index (χ2v) is 9.27. The molecule has 3 atom stereocenters. The van der Waals surface area contributed by atoms with E-state index < -0.39 is 23.8 Å². The second kappa shape index (κ2) is 8.16. The van der Waals surface area contributed by atoms with Crippen LogP contribution in [0, 0.1) is 5.92 Å². The highest BCUT2D eigenvalue weighted by Crippen LogP contribution is 2.32. The molecule has 3 N–H and O–H groups in total. The van der Waals surface area contributed by atoms with Crippen LogP contribution in [-0.2, 0) is 16.1 Å². The minimum atomic E-state index is -0.924. The van der Waals surface area contributed by atoms with Crippen molar-refractivity contribution in [3.8, 4) is 0 Å². The average Bonchev–Trinajstić information content (AvgIpc) is 3.21. The number of carbonyl (C=O) groups excluding carboxylic acids is 4. The maximum Gasteiger partial charge on any atom is 0.262 e. The smallest absolute Gasteiger partial charge is 0.262 e. The Balaban J connectivity index is 1.18. The third-order valence-corrected chi connectivity index (χ3v) is 7.13. The van der Waals surface area contributed by atoms with E-state index in [0.29, 0.717) is 29.8 Å². The number of piperidine rings is 2. The van der Waals surface area contributed by atoms with Crippen LogP contribution in [0.4, 0.5) is 0 Å². The van der Waals surface area contributed by atoms with Gasteiger partial charge in [-0.15, -0.1) is 0 Å². The van der Waals surface area contributed by atoms with Crippen molar-refractivity contribution in [3.63, 3.8) is 0 Å². The van der Waals surface area contributed by atoms with E-state index in [1.807, 2.05) is 6.07 Å². The zero-order chi connectivity index (χ0) is 21.5. The van der Waals surface area contributed by atoms with Crippen LogP contribution < -0.4 is 16.0 Å². The van der Waals surface area contributed by atoms with Crippen molar-refractivity contribution in [2.75, 3.05) is 6.54 Å². The fraction of sp³-hybridized carbons (Fsp3) is 0.565. The Hall–Kier alpha value is -2.58. The van der Waals surface area contributed by atoms with E-state index >= 15 is 0 Å². The summed E-state index contributed by atoms with van der Waals surface area (Å²) in [4.78, 5) is 50.2. The minimum absolute atomic E-state index is 0.123. The lowest BCUT2D eigenvalue weighted by Crippen LogP contribution is -2.54. The van der Waals surface area contributed by atoms with Crippen LogP contribution in [0.2, 0.25) is 0 Å². The molecule has 5 rings (SSSR count). The summed E-state index contributed by atoms with van der Waals surface area (Å²) in [5.41, 5.74) is 1.60. The van der Waals surface area contributed by atoms with Crippen molar-refractivity contribution in [1.29, 1.82) is 0 Å². The van der Waals surface area contributed by atoms with Crippen molar-refractivity contribution >= 4 is 23.6 Å². The molecule has 1 aromatic carbocycles. The Bertz CT molecular complexity index is 934. The number of benzene rings is 1. The number of hydrogen-bond acceptors (Lipinski definition) is 6. The highest BCUT2D eigenvalue weighted by atomic mass is 16.2. The summed E-state index contributed by atoms with van der Waals surface area (Å²) >= 11 is 0. The van der Waals surface area contributed by atoms with Crippen molar-refractivity contribution < 1.29 is 19.2 Å². The number of rotatable bonds is 6. The van der Waals surface area contributed by atoms with Gasteiger partial charge in [0.1, 0.15) is 6.04 Å².